The summed E-state index contributed by atoms with van der Waals surface area (Å²) in [5.41, 5.74) is 0.00751. The monoisotopic (exact) mass is 418 g/mol. The molecule has 2 aromatic heterocycles. The van der Waals surface area contributed by atoms with Crippen LogP contribution >= 0.6 is 23.2 Å². The fourth-order valence-electron chi connectivity index (χ4n) is 2.59. The highest BCUT2D eigenvalue weighted by Crippen LogP contribution is 2.40. The van der Waals surface area contributed by atoms with Crippen LogP contribution in [0.2, 0.25) is 5.02 Å². The van der Waals surface area contributed by atoms with Crippen molar-refractivity contribution in [3.8, 4) is 22.8 Å². The zero-order chi connectivity index (χ0) is 19.9. The molecule has 0 amide bonds. The van der Waals surface area contributed by atoms with Crippen molar-refractivity contribution in [3.63, 3.8) is 0 Å². The van der Waals surface area contributed by atoms with Crippen molar-refractivity contribution < 1.29 is 22.7 Å². The van der Waals surface area contributed by atoms with Crippen LogP contribution in [0.1, 0.15) is 15.9 Å². The van der Waals surface area contributed by atoms with E-state index in [9.17, 15) is 18.0 Å². The Hall–Kier alpha value is -2.52. The summed E-state index contributed by atoms with van der Waals surface area (Å²) in [6.07, 6.45) is -1.97. The minimum Gasteiger partial charge on any atom is -0.479 e. The lowest BCUT2D eigenvalue weighted by Crippen LogP contribution is -2.13. The van der Waals surface area contributed by atoms with E-state index in [2.05, 4.69) is 10.2 Å². The molecule has 0 bridgehead atoms. The summed E-state index contributed by atoms with van der Waals surface area (Å²) < 4.78 is 47.2. The number of aromatic nitrogens is 4. The van der Waals surface area contributed by atoms with Crippen molar-refractivity contribution in [1.29, 1.82) is 0 Å². The minimum atomic E-state index is -4.69. The Labute approximate surface area is 161 Å². The molecule has 0 atom stereocenters. The molecule has 0 saturated heterocycles. The van der Waals surface area contributed by atoms with Gasteiger partial charge in [0.05, 0.1) is 23.9 Å². The quantitative estimate of drug-likeness (QED) is 0.591. The second-order valence-corrected chi connectivity index (χ2v) is 6.22. The first-order valence-electron chi connectivity index (χ1n) is 7.36. The Balaban J connectivity index is 2.12. The molecule has 0 saturated carbocycles. The Morgan fingerprint density at radius 2 is 1.96 bits per heavy atom. The van der Waals surface area contributed by atoms with E-state index in [1.165, 1.54) is 31.6 Å². The van der Waals surface area contributed by atoms with Crippen molar-refractivity contribution >= 4 is 28.4 Å². The number of ether oxygens (including phenoxy) is 1. The lowest BCUT2D eigenvalue weighted by atomic mass is 10.1. The van der Waals surface area contributed by atoms with Gasteiger partial charge in [0.2, 0.25) is 5.88 Å². The van der Waals surface area contributed by atoms with Crippen LogP contribution in [0, 0.1) is 0 Å². The largest absolute Gasteiger partial charge is 0.479 e. The first-order chi connectivity index (χ1) is 12.6. The van der Waals surface area contributed by atoms with Gasteiger partial charge in [-0.2, -0.15) is 18.3 Å². The molecule has 2 heterocycles. The molecule has 0 N–H and O–H groups in total. The molecule has 0 unspecified atom stereocenters. The second kappa shape index (κ2) is 6.90. The van der Waals surface area contributed by atoms with E-state index in [-0.39, 0.29) is 16.4 Å². The van der Waals surface area contributed by atoms with Crippen LogP contribution < -0.4 is 4.74 Å². The number of aryl methyl sites for hydroxylation is 1. The standard InChI is InChI=1S/C16H11Cl2F3N4O2/c1-24-15(12(16(19,20)21)14(23-24)27-2)25-7-9(6-22-25)8-3-4-11(17)10(5-8)13(18)26/h3-7H,1-2H3. The van der Waals surface area contributed by atoms with Crippen molar-refractivity contribution in [2.75, 3.05) is 7.11 Å². The van der Waals surface area contributed by atoms with Crippen LogP contribution in [0.4, 0.5) is 13.2 Å². The van der Waals surface area contributed by atoms with Gasteiger partial charge >= 0.3 is 6.18 Å². The molecular weight excluding hydrogens is 408 g/mol. The summed E-state index contributed by atoms with van der Waals surface area (Å²) in [4.78, 5) is 11.4. The molecule has 11 heteroatoms. The Bertz CT molecular complexity index is 1030. The van der Waals surface area contributed by atoms with E-state index in [0.717, 1.165) is 16.5 Å². The van der Waals surface area contributed by atoms with Crippen molar-refractivity contribution in [1.82, 2.24) is 19.6 Å². The highest BCUT2D eigenvalue weighted by Gasteiger charge is 2.41. The van der Waals surface area contributed by atoms with Gasteiger partial charge in [-0.05, 0) is 29.3 Å². The number of nitrogens with zero attached hydrogens (tertiary/aromatic N) is 4. The SMILES string of the molecule is COc1nn(C)c(-n2cc(-c3ccc(Cl)c(C(=O)Cl)c3)cn2)c1C(F)(F)F. The molecule has 6 nitrogen and oxygen atoms in total. The minimum absolute atomic E-state index is 0.0850. The van der Waals surface area contributed by atoms with E-state index in [1.807, 2.05) is 0 Å². The van der Waals surface area contributed by atoms with Crippen LogP contribution in [-0.2, 0) is 13.2 Å². The summed E-state index contributed by atoms with van der Waals surface area (Å²) >= 11 is 11.4. The van der Waals surface area contributed by atoms with Gasteiger partial charge in [0.1, 0.15) is 0 Å². The maximum Gasteiger partial charge on any atom is 0.425 e. The molecular formula is C16H11Cl2F3N4O2. The van der Waals surface area contributed by atoms with Gasteiger partial charge in [-0.25, -0.2) is 9.36 Å². The van der Waals surface area contributed by atoms with Gasteiger partial charge in [0.25, 0.3) is 5.24 Å². The third kappa shape index (κ3) is 3.52. The first kappa shape index (κ1) is 19.2. The summed E-state index contributed by atoms with van der Waals surface area (Å²) in [6.45, 7) is 0. The summed E-state index contributed by atoms with van der Waals surface area (Å²) in [5.74, 6) is -0.869. The highest BCUT2D eigenvalue weighted by molar-refractivity contribution is 6.68. The molecule has 0 radical (unpaired) electrons. The number of carbonyl (C=O) groups excluding carboxylic acids is 1. The summed E-state index contributed by atoms with van der Waals surface area (Å²) in [5, 5.41) is 7.15. The zero-order valence-electron chi connectivity index (χ0n) is 13.9. The van der Waals surface area contributed by atoms with E-state index < -0.39 is 22.9 Å². The van der Waals surface area contributed by atoms with Crippen molar-refractivity contribution in [2.45, 2.75) is 6.18 Å². The number of alkyl halides is 3. The van der Waals surface area contributed by atoms with Gasteiger partial charge in [0, 0.05) is 18.8 Å². The maximum absolute atomic E-state index is 13.5. The molecule has 1 aromatic carbocycles. The third-order valence-corrected chi connectivity index (χ3v) is 4.31. The molecule has 0 aliphatic carbocycles. The molecule has 0 spiro atoms. The number of rotatable bonds is 4. The summed E-state index contributed by atoms with van der Waals surface area (Å²) in [6, 6.07) is 4.51. The first-order valence-corrected chi connectivity index (χ1v) is 8.12. The lowest BCUT2D eigenvalue weighted by Gasteiger charge is -2.09. The van der Waals surface area contributed by atoms with Crippen LogP contribution in [-0.4, -0.2) is 31.9 Å². The average Bonchev–Trinajstić information content (AvgIpc) is 3.18. The number of hydrogen-bond acceptors (Lipinski definition) is 4. The third-order valence-electron chi connectivity index (χ3n) is 3.77. The van der Waals surface area contributed by atoms with Crippen molar-refractivity contribution in [2.24, 2.45) is 7.05 Å². The fraction of sp³-hybridized carbons (Fsp3) is 0.188. The van der Waals surface area contributed by atoms with Crippen LogP contribution in [0.3, 0.4) is 0 Å². The number of halogens is 5. The highest BCUT2D eigenvalue weighted by atomic mass is 35.5. The topological polar surface area (TPSA) is 61.9 Å². The second-order valence-electron chi connectivity index (χ2n) is 5.47. The molecule has 3 rings (SSSR count). The molecule has 0 fully saturated rings. The predicted octanol–water partition coefficient (Wildman–Crippen LogP) is 4.33. The Morgan fingerprint density at radius 1 is 1.26 bits per heavy atom. The normalized spacial score (nSPS) is 11.7. The predicted molar refractivity (Wildman–Crippen MR) is 92.5 cm³/mol. The number of carbonyl (C=O) groups is 1. The fourth-order valence-corrected chi connectivity index (χ4v) is 3.00. The Morgan fingerprint density at radius 3 is 2.56 bits per heavy atom. The van der Waals surface area contributed by atoms with Gasteiger partial charge in [-0.1, -0.05) is 17.7 Å². The zero-order valence-corrected chi connectivity index (χ0v) is 15.4. The Kier molecular flexibility index (Phi) is 4.92. The molecule has 0 aliphatic heterocycles. The molecule has 3 aromatic rings. The van der Waals surface area contributed by atoms with E-state index in [4.69, 9.17) is 27.9 Å². The smallest absolute Gasteiger partial charge is 0.425 e. The van der Waals surface area contributed by atoms with Gasteiger partial charge in [-0.3, -0.25) is 4.79 Å². The number of methoxy groups -OCH3 is 1. The van der Waals surface area contributed by atoms with Crippen LogP contribution in [0.15, 0.2) is 30.6 Å². The summed E-state index contributed by atoms with van der Waals surface area (Å²) in [7, 11) is 2.45. The molecule has 142 valence electrons. The molecule has 27 heavy (non-hydrogen) atoms. The van der Waals surface area contributed by atoms with Crippen molar-refractivity contribution in [3.05, 3.63) is 46.7 Å². The van der Waals surface area contributed by atoms with Crippen LogP contribution in [0.5, 0.6) is 5.88 Å². The van der Waals surface area contributed by atoms with E-state index in [0.29, 0.717) is 11.1 Å². The molecule has 0 aliphatic rings. The van der Waals surface area contributed by atoms with E-state index >= 15 is 0 Å². The number of benzene rings is 1. The average molecular weight is 419 g/mol. The maximum atomic E-state index is 13.5. The van der Waals surface area contributed by atoms with Crippen LogP contribution in [0.25, 0.3) is 16.9 Å². The number of hydrogen-bond donors (Lipinski definition) is 0. The van der Waals surface area contributed by atoms with Gasteiger partial charge in [-0.15, -0.1) is 5.10 Å². The van der Waals surface area contributed by atoms with E-state index in [1.54, 1.807) is 6.07 Å². The lowest BCUT2D eigenvalue weighted by molar-refractivity contribution is -0.138. The van der Waals surface area contributed by atoms with Gasteiger partial charge in [0.15, 0.2) is 11.4 Å². The van der Waals surface area contributed by atoms with Gasteiger partial charge < -0.3 is 4.74 Å².